The lowest BCUT2D eigenvalue weighted by molar-refractivity contribution is -0.305. The Balaban J connectivity index is 2.29. The fraction of sp³-hybridized carbons (Fsp3) is 0.761. The second-order valence-corrected chi connectivity index (χ2v) is 14.8. The van der Waals surface area contributed by atoms with Gasteiger partial charge in [0.1, 0.15) is 30.5 Å². The minimum absolute atomic E-state index is 0.124. The predicted octanol–water partition coefficient (Wildman–Crippen LogP) is 9.52. The summed E-state index contributed by atoms with van der Waals surface area (Å²) in [7, 11) is 0. The Morgan fingerprint density at radius 2 is 1.11 bits per heavy atom. The third-order valence-corrected chi connectivity index (χ3v) is 9.67. The molecule has 6 atom stereocenters. The van der Waals surface area contributed by atoms with Crippen molar-refractivity contribution in [2.75, 3.05) is 26.4 Å². The zero-order valence-corrected chi connectivity index (χ0v) is 34.7. The molecule has 1 heterocycles. The number of carbonyl (C=O) groups excluding carboxylic acids is 1. The van der Waals surface area contributed by atoms with Gasteiger partial charge in [0.15, 0.2) is 6.29 Å². The van der Waals surface area contributed by atoms with Gasteiger partial charge in [0.05, 0.1) is 19.8 Å². The summed E-state index contributed by atoms with van der Waals surface area (Å²) in [6.45, 7) is 4.38. The molecule has 318 valence electrons. The molecule has 6 unspecified atom stereocenters. The van der Waals surface area contributed by atoms with Gasteiger partial charge >= 0.3 is 5.97 Å². The maximum Gasteiger partial charge on any atom is 0.306 e. The molecule has 1 rings (SSSR count). The van der Waals surface area contributed by atoms with Crippen molar-refractivity contribution in [3.8, 4) is 0 Å². The fourth-order valence-electron chi connectivity index (χ4n) is 6.24. The number of hydrogen-bond acceptors (Lipinski definition) is 9. The van der Waals surface area contributed by atoms with Gasteiger partial charge in [-0.05, 0) is 77.0 Å². The van der Waals surface area contributed by atoms with E-state index >= 15 is 0 Å². The lowest BCUT2D eigenvalue weighted by Gasteiger charge is -2.39. The molecular formula is C46H80O9. The molecule has 0 aliphatic carbocycles. The van der Waals surface area contributed by atoms with Crippen LogP contribution in [0.2, 0.25) is 0 Å². The maximum atomic E-state index is 12.8. The average Bonchev–Trinajstić information content (AvgIpc) is 3.18. The Morgan fingerprint density at radius 3 is 1.69 bits per heavy atom. The van der Waals surface area contributed by atoms with E-state index in [4.69, 9.17) is 18.9 Å². The highest BCUT2D eigenvalue weighted by molar-refractivity contribution is 5.69. The van der Waals surface area contributed by atoms with E-state index in [-0.39, 0.29) is 19.2 Å². The molecule has 1 saturated heterocycles. The van der Waals surface area contributed by atoms with Gasteiger partial charge in [0, 0.05) is 13.0 Å². The molecule has 1 fully saturated rings. The van der Waals surface area contributed by atoms with Gasteiger partial charge in [-0.2, -0.15) is 0 Å². The van der Waals surface area contributed by atoms with Crippen molar-refractivity contribution < 1.29 is 44.2 Å². The first-order chi connectivity index (χ1) is 26.9. The van der Waals surface area contributed by atoms with Crippen LogP contribution in [0.5, 0.6) is 0 Å². The van der Waals surface area contributed by atoms with E-state index in [9.17, 15) is 25.2 Å². The second-order valence-electron chi connectivity index (χ2n) is 14.8. The van der Waals surface area contributed by atoms with Crippen LogP contribution in [-0.4, -0.2) is 89.6 Å². The van der Waals surface area contributed by atoms with Crippen LogP contribution in [0.4, 0.5) is 0 Å². The van der Waals surface area contributed by atoms with E-state index in [1.807, 2.05) is 0 Å². The lowest BCUT2D eigenvalue weighted by atomic mass is 9.99. The summed E-state index contributed by atoms with van der Waals surface area (Å²) in [5.41, 5.74) is 0. The molecule has 0 aromatic rings. The number of aliphatic hydroxyl groups is 4. The Labute approximate surface area is 335 Å². The van der Waals surface area contributed by atoms with Gasteiger partial charge in [-0.25, -0.2) is 0 Å². The first-order valence-corrected chi connectivity index (χ1v) is 21.9. The van der Waals surface area contributed by atoms with E-state index in [1.54, 1.807) is 0 Å². The minimum Gasteiger partial charge on any atom is -0.457 e. The van der Waals surface area contributed by atoms with Crippen molar-refractivity contribution in [1.82, 2.24) is 0 Å². The third kappa shape index (κ3) is 28.9. The van der Waals surface area contributed by atoms with E-state index in [0.29, 0.717) is 13.0 Å². The molecule has 55 heavy (non-hydrogen) atoms. The average molecular weight is 777 g/mol. The van der Waals surface area contributed by atoms with Gasteiger partial charge in [0.25, 0.3) is 0 Å². The maximum absolute atomic E-state index is 12.8. The van der Waals surface area contributed by atoms with Crippen molar-refractivity contribution in [3.63, 3.8) is 0 Å². The highest BCUT2D eigenvalue weighted by Crippen LogP contribution is 2.22. The monoisotopic (exact) mass is 777 g/mol. The third-order valence-electron chi connectivity index (χ3n) is 9.67. The van der Waals surface area contributed by atoms with Crippen molar-refractivity contribution in [2.45, 2.75) is 198 Å². The van der Waals surface area contributed by atoms with Crippen LogP contribution in [0, 0.1) is 0 Å². The number of carbonyl (C=O) groups is 1. The Bertz CT molecular complexity index is 1020. The fourth-order valence-corrected chi connectivity index (χ4v) is 6.24. The molecular weight excluding hydrogens is 696 g/mol. The van der Waals surface area contributed by atoms with Crippen LogP contribution < -0.4 is 0 Å². The zero-order chi connectivity index (χ0) is 40.0. The van der Waals surface area contributed by atoms with Crippen LogP contribution >= 0.6 is 0 Å². The molecule has 0 saturated carbocycles. The largest absolute Gasteiger partial charge is 0.457 e. The number of unbranched alkanes of at least 4 members (excludes halogenated alkanes) is 15. The van der Waals surface area contributed by atoms with E-state index in [2.05, 4.69) is 74.6 Å². The summed E-state index contributed by atoms with van der Waals surface area (Å²) in [4.78, 5) is 12.8. The Hall–Kier alpha value is -2.11. The molecule has 0 spiro atoms. The molecule has 0 amide bonds. The molecule has 0 aromatic heterocycles. The summed E-state index contributed by atoms with van der Waals surface area (Å²) >= 11 is 0. The highest BCUT2D eigenvalue weighted by atomic mass is 16.7. The number of rotatable bonds is 36. The molecule has 1 aliphatic rings. The number of aliphatic hydroxyl groups excluding tert-OH is 4. The minimum atomic E-state index is -1.54. The molecule has 0 aromatic carbocycles. The van der Waals surface area contributed by atoms with E-state index in [1.165, 1.54) is 57.8 Å². The lowest BCUT2D eigenvalue weighted by Crippen LogP contribution is -2.59. The van der Waals surface area contributed by atoms with Crippen molar-refractivity contribution in [1.29, 1.82) is 0 Å². The van der Waals surface area contributed by atoms with Gasteiger partial charge < -0.3 is 39.4 Å². The highest BCUT2D eigenvalue weighted by Gasteiger charge is 2.44. The van der Waals surface area contributed by atoms with Gasteiger partial charge in [-0.1, -0.05) is 139 Å². The quantitative estimate of drug-likeness (QED) is 0.0279. The van der Waals surface area contributed by atoms with Crippen molar-refractivity contribution in [2.24, 2.45) is 0 Å². The number of allylic oxidation sites excluding steroid dienone is 10. The second kappa shape index (κ2) is 37.5. The van der Waals surface area contributed by atoms with Crippen LogP contribution in [0.3, 0.4) is 0 Å². The first kappa shape index (κ1) is 50.9. The summed E-state index contributed by atoms with van der Waals surface area (Å²) in [6.07, 6.45) is 39.5. The van der Waals surface area contributed by atoms with E-state index in [0.717, 1.165) is 83.5 Å². The summed E-state index contributed by atoms with van der Waals surface area (Å²) in [5.74, 6) is -0.332. The summed E-state index contributed by atoms with van der Waals surface area (Å²) in [5, 5.41) is 40.1. The molecule has 0 bridgehead atoms. The van der Waals surface area contributed by atoms with Crippen LogP contribution in [0.15, 0.2) is 60.8 Å². The van der Waals surface area contributed by atoms with Gasteiger partial charge in [-0.15, -0.1) is 0 Å². The molecule has 1 aliphatic heterocycles. The normalized spacial score (nSPS) is 21.3. The first-order valence-electron chi connectivity index (χ1n) is 21.9. The Kier molecular flexibility index (Phi) is 34.7. The SMILES string of the molecule is CC/C=C\C/C=C\C/C=C\C/C=C\CCCCCCCCC(=O)OC(COCCCCCCCC/C=C\CCCCC)COC1OC(CO)C(O)C(O)C1O. The molecule has 9 nitrogen and oxygen atoms in total. The smallest absolute Gasteiger partial charge is 0.306 e. The van der Waals surface area contributed by atoms with E-state index < -0.39 is 43.4 Å². The van der Waals surface area contributed by atoms with Crippen LogP contribution in [-0.2, 0) is 23.7 Å². The van der Waals surface area contributed by atoms with Crippen LogP contribution in [0.1, 0.15) is 162 Å². The van der Waals surface area contributed by atoms with Gasteiger partial charge in [-0.3, -0.25) is 4.79 Å². The summed E-state index contributed by atoms with van der Waals surface area (Å²) < 4.78 is 22.8. The molecule has 9 heteroatoms. The zero-order valence-electron chi connectivity index (χ0n) is 34.7. The number of hydrogen-bond donors (Lipinski definition) is 4. The number of esters is 1. The Morgan fingerprint density at radius 1 is 0.600 bits per heavy atom. The van der Waals surface area contributed by atoms with Crippen molar-refractivity contribution in [3.05, 3.63) is 60.8 Å². The predicted molar refractivity (Wildman–Crippen MR) is 224 cm³/mol. The topological polar surface area (TPSA) is 135 Å². The van der Waals surface area contributed by atoms with Gasteiger partial charge in [0.2, 0.25) is 0 Å². The molecule has 0 radical (unpaired) electrons. The standard InChI is InChI=1S/C46H80O9/c1-3-5-7-9-11-13-15-17-18-19-20-21-22-23-25-27-29-31-33-35-42(48)54-40(39-53-46-45(51)44(50)43(49)41(37-47)55-46)38-52-36-34-32-30-28-26-24-16-14-12-10-8-6-4-2/h5,7,11-14,17-18,20-21,40-41,43-47,49-51H,3-4,6,8-10,15-16,19,22-39H2,1-2H3/b7-5-,13-11-,14-12-,18-17-,21-20-. The van der Waals surface area contributed by atoms with Crippen molar-refractivity contribution >= 4 is 5.97 Å². The number of ether oxygens (including phenoxy) is 4. The summed E-state index contributed by atoms with van der Waals surface area (Å²) in [6, 6.07) is 0. The molecule has 4 N–H and O–H groups in total. The van der Waals surface area contributed by atoms with Crippen LogP contribution in [0.25, 0.3) is 0 Å².